The summed E-state index contributed by atoms with van der Waals surface area (Å²) in [5.74, 6) is 4.60. The highest BCUT2D eigenvalue weighted by Gasteiger charge is 2.38. The molecule has 0 fully saturated rings. The molecule has 1 aromatic rings. The third-order valence-electron chi connectivity index (χ3n) is 3.20. The lowest BCUT2D eigenvalue weighted by Crippen LogP contribution is -2.44. The Morgan fingerprint density at radius 1 is 1.38 bits per heavy atom. The van der Waals surface area contributed by atoms with Crippen molar-refractivity contribution in [3.05, 3.63) is 29.3 Å². The molecule has 1 aromatic carbocycles. The van der Waals surface area contributed by atoms with E-state index in [4.69, 9.17) is 5.11 Å². The summed E-state index contributed by atoms with van der Waals surface area (Å²) in [6.07, 6.45) is 1.02. The van der Waals surface area contributed by atoms with Gasteiger partial charge in [-0.1, -0.05) is 17.9 Å². The van der Waals surface area contributed by atoms with E-state index in [0.717, 1.165) is 11.8 Å². The molecule has 0 radical (unpaired) electrons. The predicted molar refractivity (Wildman–Crippen MR) is 82.7 cm³/mol. The van der Waals surface area contributed by atoms with Gasteiger partial charge in [-0.05, 0) is 38.5 Å². The molecule has 0 atom stereocenters. The predicted octanol–water partition coefficient (Wildman–Crippen LogP) is 1.10. The summed E-state index contributed by atoms with van der Waals surface area (Å²) >= 11 is 0. The molecule has 1 rings (SSSR count). The number of aliphatic hydroxyl groups is 1. The smallest absolute Gasteiger partial charge is 0.245 e. The number of carbonyl (C=O) groups excluding carboxylic acids is 1. The molecule has 0 saturated carbocycles. The van der Waals surface area contributed by atoms with E-state index in [1.807, 2.05) is 13.0 Å². The largest absolute Gasteiger partial charge is 0.384 e. The maximum atomic E-state index is 12.2. The zero-order valence-electron chi connectivity index (χ0n) is 12.5. The lowest BCUT2D eigenvalue weighted by molar-refractivity contribution is -0.117. The number of anilines is 1. The maximum Gasteiger partial charge on any atom is 0.245 e. The molecule has 0 aromatic heterocycles. The minimum atomic E-state index is -3.55. The van der Waals surface area contributed by atoms with Crippen LogP contribution >= 0.6 is 0 Å². The molecule has 0 bridgehead atoms. The van der Waals surface area contributed by atoms with Gasteiger partial charge in [0.2, 0.25) is 5.91 Å². The SMILES string of the molecule is Cc1ccc(C#CCO)c(NC(=O)C(C)(C)S(C)(=O)=O)c1. The summed E-state index contributed by atoms with van der Waals surface area (Å²) < 4.78 is 21.8. The van der Waals surface area contributed by atoms with Crippen LogP contribution in [0.25, 0.3) is 0 Å². The molecule has 114 valence electrons. The van der Waals surface area contributed by atoms with Crippen molar-refractivity contribution in [2.45, 2.75) is 25.5 Å². The number of hydrogen-bond donors (Lipinski definition) is 2. The van der Waals surface area contributed by atoms with Gasteiger partial charge in [0.15, 0.2) is 9.84 Å². The van der Waals surface area contributed by atoms with E-state index in [0.29, 0.717) is 11.3 Å². The number of carbonyl (C=O) groups is 1. The Bertz CT molecular complexity index is 709. The van der Waals surface area contributed by atoms with Gasteiger partial charge >= 0.3 is 0 Å². The number of rotatable bonds is 3. The second-order valence-corrected chi connectivity index (χ2v) is 7.81. The zero-order chi connectivity index (χ0) is 16.3. The fraction of sp³-hybridized carbons (Fsp3) is 0.400. The minimum absolute atomic E-state index is 0.296. The Morgan fingerprint density at radius 2 is 2.00 bits per heavy atom. The molecule has 21 heavy (non-hydrogen) atoms. The highest BCUT2D eigenvalue weighted by molar-refractivity contribution is 7.92. The fourth-order valence-electron chi connectivity index (χ4n) is 1.45. The van der Waals surface area contributed by atoms with Gasteiger partial charge in [0.25, 0.3) is 0 Å². The monoisotopic (exact) mass is 309 g/mol. The fourth-order valence-corrected chi connectivity index (χ4v) is 1.83. The first-order chi connectivity index (χ1) is 9.59. The molecule has 1 amide bonds. The molecule has 0 aliphatic rings. The summed E-state index contributed by atoms with van der Waals surface area (Å²) in [7, 11) is -3.55. The van der Waals surface area contributed by atoms with E-state index in [2.05, 4.69) is 17.2 Å². The first-order valence-corrected chi connectivity index (χ1v) is 8.20. The van der Waals surface area contributed by atoms with Gasteiger partial charge in [-0.15, -0.1) is 0 Å². The molecular formula is C15H19NO4S. The Balaban J connectivity index is 3.19. The van der Waals surface area contributed by atoms with E-state index in [-0.39, 0.29) is 6.61 Å². The van der Waals surface area contributed by atoms with E-state index >= 15 is 0 Å². The van der Waals surface area contributed by atoms with E-state index < -0.39 is 20.5 Å². The van der Waals surface area contributed by atoms with Crippen molar-refractivity contribution in [1.29, 1.82) is 0 Å². The van der Waals surface area contributed by atoms with Crippen LogP contribution in [0.3, 0.4) is 0 Å². The molecule has 0 spiro atoms. The third-order valence-corrected chi connectivity index (χ3v) is 5.24. The van der Waals surface area contributed by atoms with Crippen LogP contribution in [-0.4, -0.2) is 37.0 Å². The van der Waals surface area contributed by atoms with Crippen LogP contribution in [0.2, 0.25) is 0 Å². The topological polar surface area (TPSA) is 83.5 Å². The highest BCUT2D eigenvalue weighted by Crippen LogP contribution is 2.21. The van der Waals surface area contributed by atoms with Crippen molar-refractivity contribution in [3.8, 4) is 11.8 Å². The van der Waals surface area contributed by atoms with Gasteiger partial charge in [-0.3, -0.25) is 4.79 Å². The number of nitrogens with one attached hydrogen (secondary N) is 1. The lowest BCUT2D eigenvalue weighted by atomic mass is 10.1. The zero-order valence-corrected chi connectivity index (χ0v) is 13.3. The summed E-state index contributed by atoms with van der Waals surface area (Å²) in [5, 5.41) is 11.4. The average molecular weight is 309 g/mol. The molecule has 5 nitrogen and oxygen atoms in total. The molecule has 0 aliphatic carbocycles. The van der Waals surface area contributed by atoms with Crippen LogP contribution in [0, 0.1) is 18.8 Å². The number of sulfone groups is 1. The van der Waals surface area contributed by atoms with Crippen molar-refractivity contribution in [1.82, 2.24) is 0 Å². The maximum absolute atomic E-state index is 12.2. The summed E-state index contributed by atoms with van der Waals surface area (Å²) in [6, 6.07) is 5.23. The van der Waals surface area contributed by atoms with Crippen LogP contribution in [0.4, 0.5) is 5.69 Å². The second-order valence-electron chi connectivity index (χ2n) is 5.25. The van der Waals surface area contributed by atoms with Crippen molar-refractivity contribution in [2.24, 2.45) is 0 Å². The molecule has 6 heteroatoms. The van der Waals surface area contributed by atoms with E-state index in [1.54, 1.807) is 12.1 Å². The van der Waals surface area contributed by atoms with Crippen molar-refractivity contribution >= 4 is 21.4 Å². The van der Waals surface area contributed by atoms with Crippen LogP contribution in [-0.2, 0) is 14.6 Å². The normalized spacial score (nSPS) is 11.5. The van der Waals surface area contributed by atoms with Gasteiger partial charge < -0.3 is 10.4 Å². The summed E-state index contributed by atoms with van der Waals surface area (Å²) in [5.41, 5.74) is 1.85. The van der Waals surface area contributed by atoms with Gasteiger partial charge in [-0.2, -0.15) is 0 Å². The quantitative estimate of drug-likeness (QED) is 0.819. The summed E-state index contributed by atoms with van der Waals surface area (Å²) in [4.78, 5) is 12.2. The molecule has 2 N–H and O–H groups in total. The van der Waals surface area contributed by atoms with Crippen LogP contribution in [0.1, 0.15) is 25.0 Å². The molecule has 0 heterocycles. The first-order valence-electron chi connectivity index (χ1n) is 6.31. The minimum Gasteiger partial charge on any atom is -0.384 e. The van der Waals surface area contributed by atoms with Gasteiger partial charge in [0.05, 0.1) is 5.69 Å². The van der Waals surface area contributed by atoms with Crippen molar-refractivity contribution in [2.75, 3.05) is 18.2 Å². The molecule has 0 aliphatic heterocycles. The van der Waals surface area contributed by atoms with Gasteiger partial charge in [0.1, 0.15) is 11.4 Å². The molecular weight excluding hydrogens is 290 g/mol. The van der Waals surface area contributed by atoms with E-state index in [1.165, 1.54) is 13.8 Å². The van der Waals surface area contributed by atoms with Crippen LogP contribution in [0.5, 0.6) is 0 Å². The molecule has 0 unspecified atom stereocenters. The third kappa shape index (κ3) is 4.06. The summed E-state index contributed by atoms with van der Waals surface area (Å²) in [6.45, 7) is 4.26. The van der Waals surface area contributed by atoms with Gasteiger partial charge in [-0.25, -0.2) is 8.42 Å². The Morgan fingerprint density at radius 3 is 2.52 bits per heavy atom. The van der Waals surface area contributed by atoms with Crippen LogP contribution in [0.15, 0.2) is 18.2 Å². The standard InChI is InChI=1S/C15H19NO4S/c1-11-7-8-12(6-5-9-17)13(10-11)16-14(18)15(2,3)21(4,19)20/h7-8,10,17H,9H2,1-4H3,(H,16,18). The van der Waals surface area contributed by atoms with Crippen molar-refractivity contribution < 1.29 is 18.3 Å². The van der Waals surface area contributed by atoms with Crippen LogP contribution < -0.4 is 5.32 Å². The lowest BCUT2D eigenvalue weighted by Gasteiger charge is -2.22. The number of amides is 1. The van der Waals surface area contributed by atoms with E-state index in [9.17, 15) is 13.2 Å². The second kappa shape index (κ2) is 6.29. The Kier molecular flexibility index (Phi) is 5.15. The number of hydrogen-bond acceptors (Lipinski definition) is 4. The Labute approximate surface area is 125 Å². The van der Waals surface area contributed by atoms with Crippen molar-refractivity contribution in [3.63, 3.8) is 0 Å². The average Bonchev–Trinajstić information content (AvgIpc) is 2.36. The highest BCUT2D eigenvalue weighted by atomic mass is 32.2. The Hall–Kier alpha value is -1.84. The number of aryl methyl sites for hydroxylation is 1. The number of aliphatic hydroxyl groups excluding tert-OH is 1. The number of benzene rings is 1. The first kappa shape index (κ1) is 17.2. The molecule has 0 saturated heterocycles. The van der Waals surface area contributed by atoms with Gasteiger partial charge in [0, 0.05) is 11.8 Å².